The van der Waals surface area contributed by atoms with Crippen molar-refractivity contribution < 1.29 is 4.74 Å². The zero-order valence-electron chi connectivity index (χ0n) is 6.89. The second-order valence-electron chi connectivity index (χ2n) is 2.43. The molecule has 0 aliphatic rings. The molecule has 3 nitrogen and oxygen atoms in total. The Morgan fingerprint density at radius 3 is 2.80 bits per heavy atom. The average Bonchev–Trinajstić information content (AvgIpc) is 1.89. The van der Waals surface area contributed by atoms with E-state index in [-0.39, 0.29) is 0 Å². The second-order valence-corrected chi connectivity index (χ2v) is 2.43. The second kappa shape index (κ2) is 6.99. The lowest BCUT2D eigenvalue weighted by molar-refractivity contribution is 0.196. The van der Waals surface area contributed by atoms with Crippen LogP contribution in [0.4, 0.5) is 0 Å². The van der Waals surface area contributed by atoms with Gasteiger partial charge in [-0.3, -0.25) is 0 Å². The molecule has 0 rings (SSSR count). The van der Waals surface area contributed by atoms with Gasteiger partial charge in [-0.25, -0.2) is 0 Å². The first-order valence-electron chi connectivity index (χ1n) is 3.73. The summed E-state index contributed by atoms with van der Waals surface area (Å²) >= 11 is 0. The van der Waals surface area contributed by atoms with E-state index in [0.29, 0.717) is 6.04 Å². The lowest BCUT2D eigenvalue weighted by atomic mass is 10.2. The highest BCUT2D eigenvalue weighted by Gasteiger charge is 1.96. The smallest absolute Gasteiger partial charge is 0.0587 e. The maximum atomic E-state index is 5.36. The van der Waals surface area contributed by atoms with E-state index < -0.39 is 0 Å². The molecule has 0 radical (unpaired) electrons. The first-order chi connectivity index (χ1) is 4.81. The van der Waals surface area contributed by atoms with Crippen LogP contribution in [0.25, 0.3) is 0 Å². The molecule has 0 amide bonds. The first kappa shape index (κ1) is 9.88. The molecule has 1 atom stereocenters. The fourth-order valence-electron chi connectivity index (χ4n) is 0.759. The Balaban J connectivity index is 2.97. The zero-order chi connectivity index (χ0) is 7.82. The monoisotopic (exact) mass is 146 g/mol. The number of nitrogens with two attached hydrogens (primary N) is 1. The predicted octanol–water partition coefficient (Wildman–Crippen LogP) is -0.0403. The van der Waals surface area contributed by atoms with E-state index in [1.165, 1.54) is 0 Å². The highest BCUT2D eigenvalue weighted by Crippen LogP contribution is 1.85. The van der Waals surface area contributed by atoms with Crippen molar-refractivity contribution in [3.8, 4) is 0 Å². The molecule has 0 heterocycles. The third-order valence-corrected chi connectivity index (χ3v) is 1.40. The Kier molecular flexibility index (Phi) is 6.91. The first-order valence-corrected chi connectivity index (χ1v) is 3.73. The van der Waals surface area contributed by atoms with Gasteiger partial charge in [0.05, 0.1) is 6.61 Å². The Labute approximate surface area is 62.9 Å². The lowest BCUT2D eigenvalue weighted by Gasteiger charge is -2.11. The molecule has 0 saturated heterocycles. The Morgan fingerprint density at radius 2 is 2.30 bits per heavy atom. The largest absolute Gasteiger partial charge is 0.383 e. The molecule has 0 aromatic heterocycles. The van der Waals surface area contributed by atoms with Crippen molar-refractivity contribution in [1.29, 1.82) is 0 Å². The van der Waals surface area contributed by atoms with Crippen LogP contribution in [0.5, 0.6) is 0 Å². The number of nitrogens with one attached hydrogen (secondary N) is 1. The molecule has 3 heteroatoms. The van der Waals surface area contributed by atoms with Gasteiger partial charge in [0.25, 0.3) is 0 Å². The van der Waals surface area contributed by atoms with Gasteiger partial charge < -0.3 is 15.8 Å². The summed E-state index contributed by atoms with van der Waals surface area (Å²) in [6, 6.07) is 0.514. The summed E-state index contributed by atoms with van der Waals surface area (Å²) in [5, 5.41) is 3.28. The van der Waals surface area contributed by atoms with E-state index in [0.717, 1.165) is 26.1 Å². The summed E-state index contributed by atoms with van der Waals surface area (Å²) in [6.45, 7) is 4.57. The number of hydrogen-bond acceptors (Lipinski definition) is 3. The minimum atomic E-state index is 0.514. The molecule has 0 aromatic rings. The SMILES string of the molecule is COCCNC(C)CCN. The van der Waals surface area contributed by atoms with Crippen LogP contribution >= 0.6 is 0 Å². The van der Waals surface area contributed by atoms with Crippen LogP contribution in [0, 0.1) is 0 Å². The molecule has 0 saturated carbocycles. The highest BCUT2D eigenvalue weighted by molar-refractivity contribution is 4.59. The Bertz CT molecular complexity index is 68.6. The van der Waals surface area contributed by atoms with E-state index in [4.69, 9.17) is 10.5 Å². The Hall–Kier alpha value is -0.120. The van der Waals surface area contributed by atoms with Crippen LogP contribution in [-0.2, 0) is 4.74 Å². The van der Waals surface area contributed by atoms with Gasteiger partial charge in [0.15, 0.2) is 0 Å². The fourth-order valence-corrected chi connectivity index (χ4v) is 0.759. The zero-order valence-corrected chi connectivity index (χ0v) is 6.89. The van der Waals surface area contributed by atoms with Gasteiger partial charge in [0.1, 0.15) is 0 Å². The van der Waals surface area contributed by atoms with Crippen LogP contribution in [0.15, 0.2) is 0 Å². The molecule has 10 heavy (non-hydrogen) atoms. The van der Waals surface area contributed by atoms with Crippen molar-refractivity contribution in [3.63, 3.8) is 0 Å². The predicted molar refractivity (Wildman–Crippen MR) is 43.0 cm³/mol. The van der Waals surface area contributed by atoms with Crippen LogP contribution in [0.3, 0.4) is 0 Å². The fraction of sp³-hybridized carbons (Fsp3) is 1.00. The van der Waals surface area contributed by atoms with E-state index in [1.54, 1.807) is 7.11 Å². The van der Waals surface area contributed by atoms with E-state index in [9.17, 15) is 0 Å². The van der Waals surface area contributed by atoms with E-state index in [1.807, 2.05) is 0 Å². The molecule has 0 aliphatic carbocycles. The van der Waals surface area contributed by atoms with Gasteiger partial charge in [-0.2, -0.15) is 0 Å². The molecule has 62 valence electrons. The molecule has 0 bridgehead atoms. The number of methoxy groups -OCH3 is 1. The third-order valence-electron chi connectivity index (χ3n) is 1.40. The van der Waals surface area contributed by atoms with E-state index >= 15 is 0 Å². The third kappa shape index (κ3) is 6.01. The topological polar surface area (TPSA) is 47.3 Å². The van der Waals surface area contributed by atoms with Gasteiger partial charge >= 0.3 is 0 Å². The van der Waals surface area contributed by atoms with Crippen LogP contribution in [0.2, 0.25) is 0 Å². The minimum Gasteiger partial charge on any atom is -0.383 e. The maximum Gasteiger partial charge on any atom is 0.0587 e. The molecular weight excluding hydrogens is 128 g/mol. The molecular formula is C7H18N2O. The van der Waals surface area contributed by atoms with Crippen LogP contribution in [-0.4, -0.2) is 32.8 Å². The number of ether oxygens (including phenoxy) is 1. The van der Waals surface area contributed by atoms with Gasteiger partial charge in [-0.05, 0) is 19.9 Å². The normalized spacial score (nSPS) is 13.5. The van der Waals surface area contributed by atoms with Gasteiger partial charge in [0.2, 0.25) is 0 Å². The quantitative estimate of drug-likeness (QED) is 0.517. The number of hydrogen-bond donors (Lipinski definition) is 2. The van der Waals surface area contributed by atoms with Crippen molar-refractivity contribution in [2.75, 3.05) is 26.8 Å². The summed E-state index contributed by atoms with van der Waals surface area (Å²) in [4.78, 5) is 0. The minimum absolute atomic E-state index is 0.514. The molecule has 0 fully saturated rings. The van der Waals surface area contributed by atoms with Crippen molar-refractivity contribution >= 4 is 0 Å². The summed E-state index contributed by atoms with van der Waals surface area (Å²) in [5.74, 6) is 0. The summed E-state index contributed by atoms with van der Waals surface area (Å²) < 4.78 is 4.88. The molecule has 0 spiro atoms. The van der Waals surface area contributed by atoms with Crippen molar-refractivity contribution in [3.05, 3.63) is 0 Å². The van der Waals surface area contributed by atoms with Crippen LogP contribution in [0.1, 0.15) is 13.3 Å². The van der Waals surface area contributed by atoms with Gasteiger partial charge in [-0.15, -0.1) is 0 Å². The molecule has 0 aliphatic heterocycles. The van der Waals surface area contributed by atoms with Gasteiger partial charge in [0, 0.05) is 19.7 Å². The van der Waals surface area contributed by atoms with Crippen molar-refractivity contribution in [2.45, 2.75) is 19.4 Å². The van der Waals surface area contributed by atoms with Gasteiger partial charge in [-0.1, -0.05) is 0 Å². The lowest BCUT2D eigenvalue weighted by Crippen LogP contribution is -2.30. The van der Waals surface area contributed by atoms with Crippen LogP contribution < -0.4 is 11.1 Å². The highest BCUT2D eigenvalue weighted by atomic mass is 16.5. The molecule has 1 unspecified atom stereocenters. The summed E-state index contributed by atoms with van der Waals surface area (Å²) in [7, 11) is 1.70. The van der Waals surface area contributed by atoms with Crippen molar-refractivity contribution in [2.24, 2.45) is 5.73 Å². The van der Waals surface area contributed by atoms with Crippen molar-refractivity contribution in [1.82, 2.24) is 5.32 Å². The number of rotatable bonds is 6. The standard InChI is InChI=1S/C7H18N2O/c1-7(3-4-8)9-5-6-10-2/h7,9H,3-6,8H2,1-2H3. The Morgan fingerprint density at radius 1 is 1.60 bits per heavy atom. The average molecular weight is 146 g/mol. The maximum absolute atomic E-state index is 5.36. The summed E-state index contributed by atoms with van der Waals surface area (Å²) in [6.07, 6.45) is 1.03. The summed E-state index contributed by atoms with van der Waals surface area (Å²) in [5.41, 5.74) is 5.36. The molecule has 0 aromatic carbocycles. The van der Waals surface area contributed by atoms with E-state index in [2.05, 4.69) is 12.2 Å². The molecule has 3 N–H and O–H groups in total.